The fourth-order valence-corrected chi connectivity index (χ4v) is 4.36. The van der Waals surface area contributed by atoms with Crippen LogP contribution in [0.1, 0.15) is 48.7 Å². The summed E-state index contributed by atoms with van der Waals surface area (Å²) < 4.78 is 9.13. The number of aromatic nitrogens is 2. The van der Waals surface area contributed by atoms with Crippen molar-refractivity contribution in [2.24, 2.45) is 11.1 Å². The van der Waals surface area contributed by atoms with Gasteiger partial charge in [-0.2, -0.15) is 4.98 Å². The summed E-state index contributed by atoms with van der Waals surface area (Å²) in [4.78, 5) is 21.2. The van der Waals surface area contributed by atoms with Crippen LogP contribution in [0, 0.1) is 19.3 Å². The first kappa shape index (κ1) is 25.5. The van der Waals surface area contributed by atoms with E-state index in [1.807, 2.05) is 44.2 Å². The monoisotopic (exact) mass is 480 g/mol. The van der Waals surface area contributed by atoms with Gasteiger partial charge in [-0.3, -0.25) is 4.72 Å². The number of nitrogens with one attached hydrogen (secondary N) is 1. The van der Waals surface area contributed by atoms with Crippen LogP contribution < -0.4 is 15.2 Å². The van der Waals surface area contributed by atoms with Crippen LogP contribution in [0.4, 0.5) is 5.95 Å². The molecule has 7 nitrogen and oxygen atoms in total. The minimum atomic E-state index is -0.974. The summed E-state index contributed by atoms with van der Waals surface area (Å²) in [5.74, 6) is -0.178. The Kier molecular flexibility index (Phi) is 8.17. The van der Waals surface area contributed by atoms with Gasteiger partial charge in [-0.25, -0.2) is 9.78 Å². The van der Waals surface area contributed by atoms with Gasteiger partial charge in [0.2, 0.25) is 11.8 Å². The Morgan fingerprint density at radius 2 is 1.79 bits per heavy atom. The fraction of sp³-hybridized carbons (Fsp3) is 0.346. The Hall–Kier alpha value is -3.10. The molecule has 0 fully saturated rings. The molecule has 3 rings (SSSR count). The third-order valence-corrected chi connectivity index (χ3v) is 5.88. The van der Waals surface area contributed by atoms with E-state index in [0.717, 1.165) is 33.7 Å². The first-order chi connectivity index (χ1) is 16.0. The molecule has 34 heavy (non-hydrogen) atoms. The highest BCUT2D eigenvalue weighted by Crippen LogP contribution is 2.30. The molecule has 0 unspecified atom stereocenters. The van der Waals surface area contributed by atoms with Gasteiger partial charge in [-0.05, 0) is 67.0 Å². The lowest BCUT2D eigenvalue weighted by molar-refractivity contribution is 0.0696. The highest BCUT2D eigenvalue weighted by Gasteiger charge is 2.18. The normalized spacial score (nSPS) is 12.3. The number of nitrogens with zero attached hydrogens (tertiary/aromatic N) is 2. The maximum absolute atomic E-state index is 11.3. The Bertz CT molecular complexity index is 1140. The van der Waals surface area contributed by atoms with Gasteiger partial charge in [0.05, 0.1) is 11.3 Å². The second kappa shape index (κ2) is 10.9. The first-order valence-corrected chi connectivity index (χ1v) is 11.9. The number of benzene rings is 2. The average Bonchev–Trinajstić information content (AvgIpc) is 2.75. The Balaban J connectivity index is 1.88. The zero-order chi connectivity index (χ0) is 24.9. The predicted octanol–water partition coefficient (Wildman–Crippen LogP) is 5.72. The van der Waals surface area contributed by atoms with Gasteiger partial charge in [-0.15, -0.1) is 0 Å². The molecular weight excluding hydrogens is 448 g/mol. The van der Waals surface area contributed by atoms with Gasteiger partial charge in [-0.1, -0.05) is 45.0 Å². The predicted molar refractivity (Wildman–Crippen MR) is 137 cm³/mol. The minimum Gasteiger partial charge on any atom is -0.478 e. The van der Waals surface area contributed by atoms with Gasteiger partial charge >= 0.3 is 5.97 Å². The average molecular weight is 481 g/mol. The first-order valence-electron chi connectivity index (χ1n) is 11.1. The highest BCUT2D eigenvalue weighted by molar-refractivity contribution is 8.00. The van der Waals surface area contributed by atoms with E-state index in [2.05, 4.69) is 30.5 Å². The van der Waals surface area contributed by atoms with Crippen LogP contribution in [0.3, 0.4) is 0 Å². The van der Waals surface area contributed by atoms with Crippen molar-refractivity contribution in [2.75, 3.05) is 11.3 Å². The number of aromatic carboxylic acids is 1. The third-order valence-electron chi connectivity index (χ3n) is 5.10. The standard InChI is InChI=1S/C26H32N4O3S/c1-16-8-6-9-17(2)23(16)21-13-22(33-15-19(27)14-26(3,4)5)29-25(28-21)30-34-20-11-7-10-18(12-20)24(31)32/h6-13,19H,14-15,27H2,1-5H3,(H,31,32)(H,28,29,30)/t19-/m1/s1. The number of carbonyl (C=O) groups is 1. The van der Waals surface area contributed by atoms with Crippen molar-refractivity contribution in [3.05, 3.63) is 65.2 Å². The molecule has 0 aliphatic carbocycles. The molecule has 0 radical (unpaired) electrons. The second-order valence-corrected chi connectivity index (χ2v) is 10.4. The quantitative estimate of drug-likeness (QED) is 0.334. The summed E-state index contributed by atoms with van der Waals surface area (Å²) in [5, 5.41) is 9.24. The third kappa shape index (κ3) is 7.20. The van der Waals surface area contributed by atoms with E-state index in [9.17, 15) is 9.90 Å². The SMILES string of the molecule is Cc1cccc(C)c1-c1cc(OC[C@H](N)CC(C)(C)C)nc(NSc2cccc(C(=O)O)c2)n1. The van der Waals surface area contributed by atoms with Crippen LogP contribution in [0.5, 0.6) is 5.88 Å². The van der Waals surface area contributed by atoms with Gasteiger partial charge < -0.3 is 15.6 Å². The number of nitrogens with two attached hydrogens (primary N) is 1. The van der Waals surface area contributed by atoms with Crippen LogP contribution >= 0.6 is 11.9 Å². The molecule has 0 saturated heterocycles. The second-order valence-electron chi connectivity index (χ2n) is 9.55. The smallest absolute Gasteiger partial charge is 0.335 e. The number of rotatable bonds is 9. The molecule has 0 aliphatic rings. The molecule has 0 saturated carbocycles. The molecule has 3 aromatic rings. The fourth-order valence-electron chi connectivity index (χ4n) is 3.73. The maximum Gasteiger partial charge on any atom is 0.335 e. The van der Waals surface area contributed by atoms with Crippen molar-refractivity contribution in [2.45, 2.75) is 52.0 Å². The molecule has 2 aromatic carbocycles. The van der Waals surface area contributed by atoms with Crippen molar-refractivity contribution in [3.63, 3.8) is 0 Å². The lowest BCUT2D eigenvalue weighted by Gasteiger charge is -2.23. The summed E-state index contributed by atoms with van der Waals surface area (Å²) in [6.45, 7) is 10.9. The molecule has 0 spiro atoms. The Morgan fingerprint density at radius 3 is 2.44 bits per heavy atom. The molecule has 1 atom stereocenters. The van der Waals surface area contributed by atoms with Crippen LogP contribution in [-0.4, -0.2) is 33.7 Å². The maximum atomic E-state index is 11.3. The largest absolute Gasteiger partial charge is 0.478 e. The lowest BCUT2D eigenvalue weighted by Crippen LogP contribution is -2.32. The molecule has 1 heterocycles. The number of ether oxygens (including phenoxy) is 1. The van der Waals surface area contributed by atoms with Crippen LogP contribution in [-0.2, 0) is 0 Å². The summed E-state index contributed by atoms with van der Waals surface area (Å²) in [6, 6.07) is 14.5. The van der Waals surface area contributed by atoms with Crippen LogP contribution in [0.25, 0.3) is 11.3 Å². The number of hydrogen-bond acceptors (Lipinski definition) is 7. The molecule has 8 heteroatoms. The topological polar surface area (TPSA) is 110 Å². The van der Waals surface area contributed by atoms with E-state index >= 15 is 0 Å². The van der Waals surface area contributed by atoms with E-state index in [0.29, 0.717) is 18.4 Å². The summed E-state index contributed by atoms with van der Waals surface area (Å²) in [6.07, 6.45) is 0.822. The number of aryl methyl sites for hydroxylation is 2. The van der Waals surface area contributed by atoms with Gasteiger partial charge in [0, 0.05) is 22.6 Å². The number of hydrogen-bond donors (Lipinski definition) is 3. The Morgan fingerprint density at radius 1 is 1.12 bits per heavy atom. The zero-order valence-corrected chi connectivity index (χ0v) is 21.1. The van der Waals surface area contributed by atoms with Crippen molar-refractivity contribution >= 4 is 23.9 Å². The lowest BCUT2D eigenvalue weighted by atomic mass is 9.89. The van der Waals surface area contributed by atoms with Crippen LogP contribution in [0.15, 0.2) is 53.4 Å². The van der Waals surface area contributed by atoms with Gasteiger partial charge in [0.15, 0.2) is 0 Å². The van der Waals surface area contributed by atoms with Crippen LogP contribution in [0.2, 0.25) is 0 Å². The minimum absolute atomic E-state index is 0.103. The van der Waals surface area contributed by atoms with E-state index in [4.69, 9.17) is 15.5 Å². The van der Waals surface area contributed by atoms with E-state index in [1.165, 1.54) is 11.9 Å². The summed E-state index contributed by atoms with van der Waals surface area (Å²) in [5.41, 5.74) is 10.6. The number of carboxylic acid groups (broad SMARTS) is 1. The molecular formula is C26H32N4O3S. The van der Waals surface area contributed by atoms with Crippen molar-refractivity contribution in [1.29, 1.82) is 0 Å². The molecule has 0 amide bonds. The molecule has 4 N–H and O–H groups in total. The molecule has 0 bridgehead atoms. The van der Waals surface area contributed by atoms with E-state index < -0.39 is 5.97 Å². The highest BCUT2D eigenvalue weighted by atomic mass is 32.2. The number of anilines is 1. The van der Waals surface area contributed by atoms with E-state index in [-0.39, 0.29) is 17.0 Å². The molecule has 1 aromatic heterocycles. The summed E-state index contributed by atoms with van der Waals surface area (Å²) >= 11 is 1.24. The Labute approximate surface area is 205 Å². The number of carboxylic acids is 1. The van der Waals surface area contributed by atoms with Crippen molar-refractivity contribution < 1.29 is 14.6 Å². The molecule has 0 aliphatic heterocycles. The van der Waals surface area contributed by atoms with Crippen molar-refractivity contribution in [1.82, 2.24) is 9.97 Å². The summed E-state index contributed by atoms with van der Waals surface area (Å²) in [7, 11) is 0. The van der Waals surface area contributed by atoms with Gasteiger partial charge in [0.1, 0.15) is 6.61 Å². The molecule has 180 valence electrons. The van der Waals surface area contributed by atoms with E-state index in [1.54, 1.807) is 18.2 Å². The van der Waals surface area contributed by atoms with Crippen molar-refractivity contribution in [3.8, 4) is 17.1 Å². The van der Waals surface area contributed by atoms with Gasteiger partial charge in [0.25, 0.3) is 0 Å². The zero-order valence-electron chi connectivity index (χ0n) is 20.3.